The van der Waals surface area contributed by atoms with E-state index in [9.17, 15) is 24.0 Å². The van der Waals surface area contributed by atoms with Crippen LogP contribution >= 0.6 is 0 Å². The number of fused-ring (bicyclic) bond motifs is 18. The summed E-state index contributed by atoms with van der Waals surface area (Å²) in [5, 5.41) is 11.2. The van der Waals surface area contributed by atoms with E-state index in [1.807, 2.05) is 30.3 Å². The largest absolute Gasteiger partial charge is 0.496 e. The number of hydrogen-bond donors (Lipinski definition) is 4. The molecule has 2 aliphatic rings. The van der Waals surface area contributed by atoms with Crippen molar-refractivity contribution < 1.29 is 42.9 Å². The van der Waals surface area contributed by atoms with Crippen LogP contribution in [-0.2, 0) is 36.9 Å². The first-order valence-electron chi connectivity index (χ1n) is 17.6. The Kier molecular flexibility index (Phi) is 15.5. The zero-order valence-corrected chi connectivity index (χ0v) is 30.7. The second kappa shape index (κ2) is 20.4. The summed E-state index contributed by atoms with van der Waals surface area (Å²) < 4.78 is 22.2. The summed E-state index contributed by atoms with van der Waals surface area (Å²) >= 11 is 0. The zero-order chi connectivity index (χ0) is 38.2. The van der Waals surface area contributed by atoms with E-state index >= 15 is 0 Å². The van der Waals surface area contributed by atoms with Crippen LogP contribution in [0.1, 0.15) is 54.1 Å². The fourth-order valence-electron chi connectivity index (χ4n) is 5.68. The molecular formula is C39H49N5O9. The molecule has 14 nitrogen and oxygen atoms in total. The molecule has 5 amide bonds. The molecule has 2 atom stereocenters. The molecule has 2 aliphatic heterocycles. The third kappa shape index (κ3) is 12.2. The van der Waals surface area contributed by atoms with Gasteiger partial charge in [-0.05, 0) is 68.5 Å². The van der Waals surface area contributed by atoms with Gasteiger partial charge in [0.25, 0.3) is 5.91 Å². The van der Waals surface area contributed by atoms with Crippen LogP contribution in [-0.4, -0.2) is 94.1 Å². The molecule has 2 heterocycles. The Labute approximate surface area is 309 Å². The lowest BCUT2D eigenvalue weighted by Crippen LogP contribution is -2.54. The van der Waals surface area contributed by atoms with Gasteiger partial charge in [0.15, 0.2) is 11.5 Å². The molecule has 0 aromatic heterocycles. The molecule has 4 bridgehead atoms. The van der Waals surface area contributed by atoms with Crippen LogP contribution in [0.15, 0.2) is 66.7 Å². The number of hydrogen-bond acceptors (Lipinski definition) is 9. The Bertz CT molecular complexity index is 1720. The number of nitrogens with zero attached hydrogens (tertiary/aromatic N) is 1. The molecule has 0 fully saturated rings. The number of rotatable bonds is 8. The standard InChI is InChI=1S/C39H49N5O9/c1-26-37(47)41-24-29-13-15-30(23-33(29)52-4)53-34-22-28(14-17-32(34)51-3)38(48)40-19-8-9-20-44(36(46)18-21-50-2)25-35(45)43-31(39(49)42-26)16-12-27-10-6-5-7-11-27/h5-7,10-11,13-15,17,22-23,26,31H,8-9,12,16,18-21,24-25H2,1-4H3,(H,40,48)(H,41,47)(H,42,49)(H,43,45)/t26-,31-/m0/s1. The summed E-state index contributed by atoms with van der Waals surface area (Å²) in [6.07, 6.45) is 1.83. The lowest BCUT2D eigenvalue weighted by Gasteiger charge is -2.25. The minimum Gasteiger partial charge on any atom is -0.496 e. The molecule has 0 saturated carbocycles. The molecule has 14 heteroatoms. The van der Waals surface area contributed by atoms with Crippen LogP contribution in [0.5, 0.6) is 23.0 Å². The summed E-state index contributed by atoms with van der Waals surface area (Å²) in [5.41, 5.74) is 1.97. The molecule has 3 aromatic carbocycles. The molecule has 0 radical (unpaired) electrons. The van der Waals surface area contributed by atoms with E-state index in [-0.39, 0.29) is 50.9 Å². The van der Waals surface area contributed by atoms with Gasteiger partial charge in [0, 0.05) is 43.9 Å². The lowest BCUT2D eigenvalue weighted by molar-refractivity contribution is -0.138. The summed E-state index contributed by atoms with van der Waals surface area (Å²) in [5.74, 6) is -0.541. The van der Waals surface area contributed by atoms with Crippen LogP contribution in [0.4, 0.5) is 0 Å². The Morgan fingerprint density at radius 2 is 1.64 bits per heavy atom. The molecular weight excluding hydrogens is 682 g/mol. The van der Waals surface area contributed by atoms with Crippen LogP contribution in [0.25, 0.3) is 0 Å². The second-order valence-electron chi connectivity index (χ2n) is 12.6. The smallest absolute Gasteiger partial charge is 0.251 e. The van der Waals surface area contributed by atoms with E-state index in [1.165, 1.54) is 26.2 Å². The van der Waals surface area contributed by atoms with Gasteiger partial charge in [0.2, 0.25) is 23.6 Å². The summed E-state index contributed by atoms with van der Waals surface area (Å²) in [7, 11) is 4.48. The second-order valence-corrected chi connectivity index (χ2v) is 12.6. The SMILES string of the molecule is COCCC(=O)N1CCCCNC(=O)c2ccc(OC)c(c2)Oc2ccc(c(OC)c2)CNC(=O)[C@H](C)NC(=O)[C@H](CCc2ccccc2)NC(=O)C1. The normalized spacial score (nSPS) is 17.9. The number of nitrogens with one attached hydrogen (secondary N) is 4. The lowest BCUT2D eigenvalue weighted by atomic mass is 10.0. The van der Waals surface area contributed by atoms with E-state index in [0.717, 1.165) is 5.56 Å². The van der Waals surface area contributed by atoms with Crippen molar-refractivity contribution in [3.63, 3.8) is 0 Å². The van der Waals surface area contributed by atoms with E-state index < -0.39 is 29.8 Å². The molecule has 0 unspecified atom stereocenters. The number of amides is 5. The van der Waals surface area contributed by atoms with Crippen molar-refractivity contribution in [2.45, 2.75) is 57.7 Å². The van der Waals surface area contributed by atoms with Crippen LogP contribution in [0, 0.1) is 0 Å². The quantitative estimate of drug-likeness (QED) is 0.254. The van der Waals surface area contributed by atoms with Crippen molar-refractivity contribution >= 4 is 29.5 Å². The minimum absolute atomic E-state index is 0.0716. The molecule has 0 aliphatic carbocycles. The van der Waals surface area contributed by atoms with Crippen LogP contribution < -0.4 is 35.5 Å². The summed E-state index contributed by atoms with van der Waals surface area (Å²) in [4.78, 5) is 67.8. The first kappa shape index (κ1) is 40.1. The van der Waals surface area contributed by atoms with Gasteiger partial charge in [-0.1, -0.05) is 30.3 Å². The van der Waals surface area contributed by atoms with Gasteiger partial charge < -0.3 is 45.1 Å². The highest BCUT2D eigenvalue weighted by Gasteiger charge is 2.26. The fraction of sp³-hybridized carbons (Fsp3) is 0.410. The van der Waals surface area contributed by atoms with E-state index in [4.69, 9.17) is 18.9 Å². The van der Waals surface area contributed by atoms with Crippen LogP contribution in [0.3, 0.4) is 0 Å². The highest BCUT2D eigenvalue weighted by atomic mass is 16.5. The third-order valence-corrected chi connectivity index (χ3v) is 8.68. The number of carbonyl (C=O) groups is 5. The number of carbonyl (C=O) groups excluding carboxylic acids is 5. The number of methoxy groups -OCH3 is 3. The van der Waals surface area contributed by atoms with Crippen molar-refractivity contribution in [2.75, 3.05) is 47.6 Å². The first-order chi connectivity index (χ1) is 25.6. The van der Waals surface area contributed by atoms with Crippen LogP contribution in [0.2, 0.25) is 0 Å². The van der Waals surface area contributed by atoms with Gasteiger partial charge in [-0.15, -0.1) is 0 Å². The van der Waals surface area contributed by atoms with E-state index in [1.54, 1.807) is 43.3 Å². The fourth-order valence-corrected chi connectivity index (χ4v) is 5.68. The molecule has 5 rings (SSSR count). The average molecular weight is 732 g/mol. The number of ether oxygens (including phenoxy) is 4. The monoisotopic (exact) mass is 731 g/mol. The molecule has 3 aromatic rings. The highest BCUT2D eigenvalue weighted by molar-refractivity contribution is 5.95. The molecule has 4 N–H and O–H groups in total. The molecule has 284 valence electrons. The van der Waals surface area contributed by atoms with Crippen molar-refractivity contribution in [3.05, 3.63) is 83.4 Å². The summed E-state index contributed by atoms with van der Waals surface area (Å²) in [6, 6.07) is 17.5. The highest BCUT2D eigenvalue weighted by Crippen LogP contribution is 2.34. The van der Waals surface area contributed by atoms with Gasteiger partial charge in [-0.2, -0.15) is 0 Å². The third-order valence-electron chi connectivity index (χ3n) is 8.68. The Hall–Kier alpha value is -5.63. The summed E-state index contributed by atoms with van der Waals surface area (Å²) in [6.45, 7) is 2.10. The Morgan fingerprint density at radius 3 is 2.38 bits per heavy atom. The molecule has 0 saturated heterocycles. The first-order valence-corrected chi connectivity index (χ1v) is 17.6. The molecule has 0 spiro atoms. The van der Waals surface area contributed by atoms with Crippen molar-refractivity contribution in [1.29, 1.82) is 0 Å². The Balaban J connectivity index is 1.59. The van der Waals surface area contributed by atoms with Gasteiger partial charge in [-0.25, -0.2) is 0 Å². The van der Waals surface area contributed by atoms with Crippen molar-refractivity contribution in [3.8, 4) is 23.0 Å². The maximum atomic E-state index is 13.6. The predicted octanol–water partition coefficient (Wildman–Crippen LogP) is 3.12. The molecule has 53 heavy (non-hydrogen) atoms. The van der Waals surface area contributed by atoms with E-state index in [0.29, 0.717) is 59.9 Å². The van der Waals surface area contributed by atoms with E-state index in [2.05, 4.69) is 21.3 Å². The predicted molar refractivity (Wildman–Crippen MR) is 197 cm³/mol. The van der Waals surface area contributed by atoms with Crippen molar-refractivity contribution in [1.82, 2.24) is 26.2 Å². The number of aryl methyl sites for hydroxylation is 1. The maximum Gasteiger partial charge on any atom is 0.251 e. The average Bonchev–Trinajstić information content (AvgIpc) is 3.16. The van der Waals surface area contributed by atoms with Gasteiger partial charge >= 0.3 is 0 Å². The maximum absolute atomic E-state index is 13.6. The van der Waals surface area contributed by atoms with Gasteiger partial charge in [0.05, 0.1) is 33.8 Å². The minimum atomic E-state index is -0.984. The van der Waals surface area contributed by atoms with Crippen molar-refractivity contribution in [2.24, 2.45) is 0 Å². The Morgan fingerprint density at radius 1 is 0.868 bits per heavy atom. The van der Waals surface area contributed by atoms with Gasteiger partial charge in [-0.3, -0.25) is 24.0 Å². The van der Waals surface area contributed by atoms with Gasteiger partial charge in [0.1, 0.15) is 23.6 Å². The number of benzene rings is 3. The topological polar surface area (TPSA) is 174 Å². The zero-order valence-electron chi connectivity index (χ0n) is 30.7.